The zero-order chi connectivity index (χ0) is 13.9. The van der Waals surface area contributed by atoms with Gasteiger partial charge in [0, 0.05) is 36.9 Å². The van der Waals surface area contributed by atoms with Crippen molar-refractivity contribution in [1.29, 1.82) is 0 Å². The fourth-order valence-electron chi connectivity index (χ4n) is 2.47. The number of hydrogen-bond donors (Lipinski definition) is 1. The number of aryl methyl sites for hydroxylation is 2. The van der Waals surface area contributed by atoms with E-state index in [-0.39, 0.29) is 0 Å². The average Bonchev–Trinajstić information content (AvgIpc) is 2.85. The van der Waals surface area contributed by atoms with Gasteiger partial charge in [-0.3, -0.25) is 9.67 Å². The fraction of sp³-hybridized carbons (Fsp3) is 0.250. The van der Waals surface area contributed by atoms with E-state index in [1.165, 1.54) is 5.56 Å². The van der Waals surface area contributed by atoms with E-state index in [1.807, 2.05) is 24.0 Å². The number of aromatic nitrogens is 3. The lowest BCUT2D eigenvalue weighted by molar-refractivity contribution is 0.746. The Bertz CT molecular complexity index is 725. The molecule has 1 aromatic carbocycles. The third-order valence-corrected chi connectivity index (χ3v) is 3.43. The Morgan fingerprint density at radius 3 is 2.90 bits per heavy atom. The molecular weight excluding hydrogens is 248 g/mol. The van der Waals surface area contributed by atoms with E-state index in [2.05, 4.69) is 52.8 Å². The molecule has 102 valence electrons. The van der Waals surface area contributed by atoms with Crippen LogP contribution < -0.4 is 5.32 Å². The van der Waals surface area contributed by atoms with Crippen LogP contribution in [0.15, 0.2) is 42.7 Å². The number of nitrogens with one attached hydrogen (secondary N) is 1. The fourth-order valence-corrected chi connectivity index (χ4v) is 2.47. The third-order valence-electron chi connectivity index (χ3n) is 3.43. The number of fused-ring (bicyclic) bond motifs is 1. The van der Waals surface area contributed by atoms with Crippen molar-refractivity contribution < 1.29 is 0 Å². The van der Waals surface area contributed by atoms with Crippen molar-refractivity contribution in [2.75, 3.05) is 5.32 Å². The van der Waals surface area contributed by atoms with E-state index in [1.54, 1.807) is 0 Å². The van der Waals surface area contributed by atoms with Gasteiger partial charge >= 0.3 is 0 Å². The average molecular weight is 266 g/mol. The highest BCUT2D eigenvalue weighted by Gasteiger charge is 2.07. The SMILES string of the molecule is CCc1nn(C)cc1CNc1cccc2cccnc12. The highest BCUT2D eigenvalue weighted by Crippen LogP contribution is 2.21. The van der Waals surface area contributed by atoms with E-state index < -0.39 is 0 Å². The summed E-state index contributed by atoms with van der Waals surface area (Å²) in [4.78, 5) is 4.46. The molecule has 3 aromatic rings. The quantitative estimate of drug-likeness (QED) is 0.789. The molecule has 0 unspecified atom stereocenters. The molecule has 1 N–H and O–H groups in total. The van der Waals surface area contributed by atoms with Gasteiger partial charge in [-0.05, 0) is 18.6 Å². The summed E-state index contributed by atoms with van der Waals surface area (Å²) >= 11 is 0. The van der Waals surface area contributed by atoms with E-state index in [0.29, 0.717) is 0 Å². The maximum absolute atomic E-state index is 4.46. The summed E-state index contributed by atoms with van der Waals surface area (Å²) in [5.41, 5.74) is 4.46. The number of rotatable bonds is 4. The van der Waals surface area contributed by atoms with Crippen molar-refractivity contribution in [3.8, 4) is 0 Å². The molecule has 0 spiro atoms. The van der Waals surface area contributed by atoms with Gasteiger partial charge in [0.15, 0.2) is 0 Å². The van der Waals surface area contributed by atoms with E-state index in [9.17, 15) is 0 Å². The maximum Gasteiger partial charge on any atom is 0.0933 e. The van der Waals surface area contributed by atoms with Crippen LogP contribution in [-0.2, 0) is 20.0 Å². The van der Waals surface area contributed by atoms with Crippen LogP contribution in [0.2, 0.25) is 0 Å². The topological polar surface area (TPSA) is 42.7 Å². The second kappa shape index (κ2) is 5.33. The monoisotopic (exact) mass is 266 g/mol. The molecule has 0 saturated heterocycles. The van der Waals surface area contributed by atoms with Crippen LogP contribution in [0.5, 0.6) is 0 Å². The first kappa shape index (κ1) is 12.7. The van der Waals surface area contributed by atoms with Crippen molar-refractivity contribution in [2.24, 2.45) is 7.05 Å². The smallest absolute Gasteiger partial charge is 0.0933 e. The molecule has 2 aromatic heterocycles. The van der Waals surface area contributed by atoms with Gasteiger partial charge in [-0.25, -0.2) is 0 Å². The van der Waals surface area contributed by atoms with Crippen molar-refractivity contribution in [3.05, 3.63) is 54.0 Å². The van der Waals surface area contributed by atoms with Gasteiger partial charge in [0.1, 0.15) is 0 Å². The molecule has 20 heavy (non-hydrogen) atoms. The van der Waals surface area contributed by atoms with Crippen LogP contribution in [0, 0.1) is 0 Å². The lowest BCUT2D eigenvalue weighted by atomic mass is 10.1. The van der Waals surface area contributed by atoms with E-state index in [0.717, 1.165) is 35.2 Å². The van der Waals surface area contributed by atoms with Gasteiger partial charge in [-0.2, -0.15) is 5.10 Å². The Morgan fingerprint density at radius 1 is 1.20 bits per heavy atom. The minimum atomic E-state index is 0.771. The summed E-state index contributed by atoms with van der Waals surface area (Å²) in [7, 11) is 1.96. The number of benzene rings is 1. The number of pyridine rings is 1. The van der Waals surface area contributed by atoms with Crippen molar-refractivity contribution in [2.45, 2.75) is 19.9 Å². The van der Waals surface area contributed by atoms with Crippen LogP contribution in [0.1, 0.15) is 18.2 Å². The highest BCUT2D eigenvalue weighted by molar-refractivity contribution is 5.90. The van der Waals surface area contributed by atoms with E-state index in [4.69, 9.17) is 0 Å². The second-order valence-electron chi connectivity index (χ2n) is 4.86. The minimum absolute atomic E-state index is 0.771. The highest BCUT2D eigenvalue weighted by atomic mass is 15.3. The Balaban J connectivity index is 1.86. The predicted molar refractivity (Wildman–Crippen MR) is 81.7 cm³/mol. The summed E-state index contributed by atoms with van der Waals surface area (Å²) in [5, 5.41) is 9.09. The number of para-hydroxylation sites is 1. The lowest BCUT2D eigenvalue weighted by Crippen LogP contribution is -2.02. The van der Waals surface area contributed by atoms with Crippen molar-refractivity contribution in [3.63, 3.8) is 0 Å². The molecule has 3 rings (SSSR count). The normalized spacial score (nSPS) is 10.9. The molecule has 0 aliphatic heterocycles. The van der Waals surface area contributed by atoms with Crippen molar-refractivity contribution in [1.82, 2.24) is 14.8 Å². The Labute approximate surface area is 118 Å². The molecule has 0 aliphatic carbocycles. The largest absolute Gasteiger partial charge is 0.379 e. The Morgan fingerprint density at radius 2 is 2.05 bits per heavy atom. The third kappa shape index (κ3) is 2.37. The molecule has 4 heteroatoms. The molecule has 0 bridgehead atoms. The molecule has 0 aliphatic rings. The summed E-state index contributed by atoms with van der Waals surface area (Å²) in [6.45, 7) is 2.90. The number of hydrogen-bond acceptors (Lipinski definition) is 3. The van der Waals surface area contributed by atoms with Crippen LogP contribution in [-0.4, -0.2) is 14.8 Å². The predicted octanol–water partition coefficient (Wildman–Crippen LogP) is 3.14. The van der Waals surface area contributed by atoms with Gasteiger partial charge < -0.3 is 5.32 Å². The molecular formula is C16H18N4. The van der Waals surface area contributed by atoms with Gasteiger partial charge in [0.05, 0.1) is 16.9 Å². The van der Waals surface area contributed by atoms with Crippen molar-refractivity contribution >= 4 is 16.6 Å². The molecule has 0 fully saturated rings. The van der Waals surface area contributed by atoms with Gasteiger partial charge in [-0.1, -0.05) is 25.1 Å². The van der Waals surface area contributed by atoms with E-state index >= 15 is 0 Å². The summed E-state index contributed by atoms with van der Waals surface area (Å²) in [5.74, 6) is 0. The lowest BCUT2D eigenvalue weighted by Gasteiger charge is -2.08. The first-order valence-corrected chi connectivity index (χ1v) is 6.87. The second-order valence-corrected chi connectivity index (χ2v) is 4.86. The Hall–Kier alpha value is -2.36. The molecule has 4 nitrogen and oxygen atoms in total. The first-order valence-electron chi connectivity index (χ1n) is 6.87. The zero-order valence-corrected chi connectivity index (χ0v) is 11.8. The zero-order valence-electron chi connectivity index (χ0n) is 11.8. The Kier molecular flexibility index (Phi) is 3.37. The van der Waals surface area contributed by atoms with Crippen LogP contribution >= 0.6 is 0 Å². The summed E-state index contributed by atoms with van der Waals surface area (Å²) in [6.07, 6.45) is 4.85. The summed E-state index contributed by atoms with van der Waals surface area (Å²) < 4.78 is 1.87. The summed E-state index contributed by atoms with van der Waals surface area (Å²) in [6, 6.07) is 10.2. The van der Waals surface area contributed by atoms with Gasteiger partial charge in [0.2, 0.25) is 0 Å². The number of nitrogens with zero attached hydrogens (tertiary/aromatic N) is 3. The first-order chi connectivity index (χ1) is 9.78. The van der Waals surface area contributed by atoms with Crippen LogP contribution in [0.25, 0.3) is 10.9 Å². The standard InChI is InChI=1S/C16H18N4/c1-3-14-13(11-20(2)19-14)10-18-15-8-4-6-12-7-5-9-17-16(12)15/h4-9,11,18H,3,10H2,1-2H3. The molecule has 0 amide bonds. The molecule has 0 saturated carbocycles. The molecule has 0 atom stereocenters. The maximum atomic E-state index is 4.46. The van der Waals surface area contributed by atoms with Crippen LogP contribution in [0.3, 0.4) is 0 Å². The molecule has 2 heterocycles. The minimum Gasteiger partial charge on any atom is -0.379 e. The van der Waals surface area contributed by atoms with Crippen LogP contribution in [0.4, 0.5) is 5.69 Å². The van der Waals surface area contributed by atoms with Gasteiger partial charge in [-0.15, -0.1) is 0 Å². The number of anilines is 1. The van der Waals surface area contributed by atoms with Gasteiger partial charge in [0.25, 0.3) is 0 Å². The molecule has 0 radical (unpaired) electrons.